The second-order valence-electron chi connectivity index (χ2n) is 9.79. The van der Waals surface area contributed by atoms with Gasteiger partial charge >= 0.3 is 12.3 Å². The van der Waals surface area contributed by atoms with E-state index in [4.69, 9.17) is 0 Å². The topological polar surface area (TPSA) is 129 Å². The van der Waals surface area contributed by atoms with Gasteiger partial charge in [0.15, 0.2) is 5.13 Å². The molecule has 0 bridgehead atoms. The first-order valence-electron chi connectivity index (χ1n) is 13.1. The van der Waals surface area contributed by atoms with Gasteiger partial charge in [0.05, 0.1) is 10.6 Å². The molecule has 0 saturated carbocycles. The van der Waals surface area contributed by atoms with E-state index in [9.17, 15) is 45.1 Å². The maximum absolute atomic E-state index is 14.0. The van der Waals surface area contributed by atoms with Gasteiger partial charge in [-0.05, 0) is 36.8 Å². The quantitative estimate of drug-likeness (QED) is 0.298. The van der Waals surface area contributed by atoms with Crippen molar-refractivity contribution < 1.29 is 49.8 Å². The Balaban J connectivity index is 1.59. The monoisotopic (exact) mass is 662 g/mol. The first-order valence-corrected chi connectivity index (χ1v) is 15.4. The number of hydrogen-bond acceptors (Lipinski definition) is 8. The van der Waals surface area contributed by atoms with Crippen molar-refractivity contribution in [2.45, 2.75) is 50.0 Å². The van der Waals surface area contributed by atoms with Crippen LogP contribution in [0.4, 0.5) is 27.1 Å². The molecule has 1 unspecified atom stereocenters. The van der Waals surface area contributed by atoms with Gasteiger partial charge in [-0.2, -0.15) is 4.31 Å². The predicted molar refractivity (Wildman–Crippen MR) is 149 cm³/mol. The minimum Gasteiger partial charge on any atom is -0.477 e. The van der Waals surface area contributed by atoms with E-state index in [0.717, 1.165) is 39.9 Å². The lowest BCUT2D eigenvalue weighted by molar-refractivity contribution is -0.274. The van der Waals surface area contributed by atoms with Crippen LogP contribution in [-0.2, 0) is 27.3 Å². The van der Waals surface area contributed by atoms with Crippen LogP contribution in [0, 0.1) is 6.92 Å². The number of aromatic nitrogens is 1. The van der Waals surface area contributed by atoms with Crippen LogP contribution in [0.5, 0.6) is 5.75 Å². The summed E-state index contributed by atoms with van der Waals surface area (Å²) >= 11 is 0.863. The lowest BCUT2D eigenvalue weighted by Gasteiger charge is -2.39. The molecule has 0 spiro atoms. The van der Waals surface area contributed by atoms with E-state index in [-0.39, 0.29) is 52.3 Å². The summed E-state index contributed by atoms with van der Waals surface area (Å²) in [6.45, 7) is 2.28. The highest BCUT2D eigenvalue weighted by Crippen LogP contribution is 2.32. The second-order valence-corrected chi connectivity index (χ2v) is 12.7. The Bertz CT molecular complexity index is 1610. The van der Waals surface area contributed by atoms with Crippen molar-refractivity contribution in [3.05, 3.63) is 70.2 Å². The molecule has 0 radical (unpaired) electrons. The SMILES string of the molecule is CCC(F)(F)c1ccc(CNC(=O)C2CN(c3nc(C)c(C(=O)O)s3)CCN2S(=O)(=O)c2ccc(OC(F)(F)F)cc2)cc1. The van der Waals surface area contributed by atoms with Gasteiger partial charge in [0.25, 0.3) is 5.92 Å². The number of halogens is 5. The molecule has 2 heterocycles. The van der Waals surface area contributed by atoms with Gasteiger partial charge in [0, 0.05) is 38.2 Å². The van der Waals surface area contributed by atoms with E-state index in [1.165, 1.54) is 38.1 Å². The number of nitrogens with zero attached hydrogens (tertiary/aromatic N) is 3. The summed E-state index contributed by atoms with van der Waals surface area (Å²) in [6.07, 6.45) is -5.37. The molecule has 1 aliphatic heterocycles. The highest BCUT2D eigenvalue weighted by atomic mass is 32.2. The van der Waals surface area contributed by atoms with E-state index < -0.39 is 52.4 Å². The largest absolute Gasteiger partial charge is 0.573 e. The van der Waals surface area contributed by atoms with E-state index in [2.05, 4.69) is 15.0 Å². The Morgan fingerprint density at radius 1 is 1.07 bits per heavy atom. The number of thiazole rings is 1. The van der Waals surface area contributed by atoms with Crippen molar-refractivity contribution in [3.8, 4) is 5.75 Å². The molecular weight excluding hydrogens is 635 g/mol. The minimum atomic E-state index is -4.98. The summed E-state index contributed by atoms with van der Waals surface area (Å²) in [4.78, 5) is 30.4. The number of benzene rings is 2. The van der Waals surface area contributed by atoms with E-state index in [0.29, 0.717) is 5.56 Å². The molecule has 2 N–H and O–H groups in total. The molecule has 10 nitrogen and oxygen atoms in total. The average molecular weight is 663 g/mol. The van der Waals surface area contributed by atoms with Gasteiger partial charge in [-0.15, -0.1) is 13.2 Å². The summed E-state index contributed by atoms with van der Waals surface area (Å²) in [7, 11) is -4.43. The van der Waals surface area contributed by atoms with Crippen molar-refractivity contribution >= 4 is 38.4 Å². The Hall–Kier alpha value is -3.83. The standard InChI is InChI=1S/C27H27F5N4O6S2/c1-3-26(28,29)18-6-4-17(5-7-18)14-33-23(37)21-15-35(25-34-16(2)22(43-25)24(38)39)12-13-36(21)44(40,41)20-10-8-19(9-11-20)42-27(30,31)32/h4-11,21H,3,12-15H2,1-2H3,(H,33,37)(H,38,39). The van der Waals surface area contributed by atoms with Crippen molar-refractivity contribution in [1.82, 2.24) is 14.6 Å². The number of nitrogens with one attached hydrogen (secondary N) is 1. The molecule has 1 aromatic heterocycles. The van der Waals surface area contributed by atoms with E-state index in [1.54, 1.807) is 4.90 Å². The smallest absolute Gasteiger partial charge is 0.477 e. The molecule has 3 aromatic rings. The van der Waals surface area contributed by atoms with Gasteiger partial charge in [-0.3, -0.25) is 4.79 Å². The number of anilines is 1. The van der Waals surface area contributed by atoms with Crippen LogP contribution in [0.3, 0.4) is 0 Å². The molecule has 1 aliphatic rings. The number of amides is 1. The van der Waals surface area contributed by atoms with Crippen LogP contribution in [0.1, 0.15) is 39.8 Å². The van der Waals surface area contributed by atoms with Crippen LogP contribution < -0.4 is 15.0 Å². The molecule has 17 heteroatoms. The third-order valence-corrected chi connectivity index (χ3v) is 9.96. The number of ether oxygens (including phenoxy) is 1. The van der Waals surface area contributed by atoms with Crippen molar-refractivity contribution in [3.63, 3.8) is 0 Å². The number of alkyl halides is 5. The van der Waals surface area contributed by atoms with Gasteiger partial charge in [0.2, 0.25) is 15.9 Å². The Kier molecular flexibility index (Phi) is 9.51. The highest BCUT2D eigenvalue weighted by molar-refractivity contribution is 7.89. The molecule has 44 heavy (non-hydrogen) atoms. The van der Waals surface area contributed by atoms with E-state index >= 15 is 0 Å². The molecular formula is C27H27F5N4O6S2. The molecule has 2 aromatic carbocycles. The maximum atomic E-state index is 14.0. The van der Waals surface area contributed by atoms with Gasteiger partial charge < -0.3 is 20.1 Å². The number of piperazine rings is 1. The fraction of sp³-hybridized carbons (Fsp3) is 0.370. The van der Waals surface area contributed by atoms with Crippen LogP contribution >= 0.6 is 11.3 Å². The fourth-order valence-corrected chi connectivity index (χ4v) is 6.99. The first-order chi connectivity index (χ1) is 20.5. The zero-order valence-electron chi connectivity index (χ0n) is 23.3. The number of carboxylic acid groups (broad SMARTS) is 1. The van der Waals surface area contributed by atoms with Crippen LogP contribution in [0.2, 0.25) is 0 Å². The second kappa shape index (κ2) is 12.6. The number of hydrogen-bond donors (Lipinski definition) is 2. The number of aromatic carboxylic acids is 1. The number of carbonyl (C=O) groups excluding carboxylic acids is 1. The minimum absolute atomic E-state index is 0.0192. The molecule has 238 valence electrons. The number of carboxylic acids is 1. The van der Waals surface area contributed by atoms with Gasteiger partial charge in [0.1, 0.15) is 16.7 Å². The molecule has 0 aliphatic carbocycles. The normalized spacial score (nSPS) is 16.5. The van der Waals surface area contributed by atoms with Crippen LogP contribution in [0.15, 0.2) is 53.4 Å². The first kappa shape index (κ1) is 33.1. The van der Waals surface area contributed by atoms with Crippen molar-refractivity contribution in [1.29, 1.82) is 0 Å². The Morgan fingerprint density at radius 3 is 2.25 bits per heavy atom. The predicted octanol–water partition coefficient (Wildman–Crippen LogP) is 4.75. The number of aryl methyl sites for hydroxylation is 1. The average Bonchev–Trinajstić information content (AvgIpc) is 3.37. The summed E-state index contributed by atoms with van der Waals surface area (Å²) in [5.41, 5.74) is 0.520. The third-order valence-electron chi connectivity index (χ3n) is 6.83. The van der Waals surface area contributed by atoms with Crippen molar-refractivity contribution in [2.75, 3.05) is 24.5 Å². The number of rotatable bonds is 10. The molecule has 1 amide bonds. The van der Waals surface area contributed by atoms with Gasteiger partial charge in [-0.25, -0.2) is 27.0 Å². The Labute approximate surface area is 253 Å². The molecule has 1 saturated heterocycles. The highest BCUT2D eigenvalue weighted by Gasteiger charge is 2.41. The molecule has 1 atom stereocenters. The molecule has 1 fully saturated rings. The maximum Gasteiger partial charge on any atom is 0.573 e. The summed E-state index contributed by atoms with van der Waals surface area (Å²) < 4.78 is 97.6. The lowest BCUT2D eigenvalue weighted by Crippen LogP contribution is -2.60. The van der Waals surface area contributed by atoms with Crippen LogP contribution in [0.25, 0.3) is 0 Å². The van der Waals surface area contributed by atoms with Gasteiger partial charge in [-0.1, -0.05) is 42.5 Å². The zero-order chi connectivity index (χ0) is 32.4. The zero-order valence-corrected chi connectivity index (χ0v) is 24.9. The Morgan fingerprint density at radius 2 is 1.70 bits per heavy atom. The third kappa shape index (κ3) is 7.44. The summed E-state index contributed by atoms with van der Waals surface area (Å²) in [5.74, 6) is -5.59. The lowest BCUT2D eigenvalue weighted by atomic mass is 10.0. The van der Waals surface area contributed by atoms with Crippen molar-refractivity contribution in [2.24, 2.45) is 0 Å². The summed E-state index contributed by atoms with van der Waals surface area (Å²) in [6, 6.07) is 7.45. The fourth-order valence-electron chi connectivity index (χ4n) is 4.48. The van der Waals surface area contributed by atoms with Crippen LogP contribution in [-0.4, -0.2) is 66.7 Å². The molecule has 4 rings (SSSR count). The summed E-state index contributed by atoms with van der Waals surface area (Å²) in [5, 5.41) is 12.3. The van der Waals surface area contributed by atoms with E-state index in [1.807, 2.05) is 0 Å². The number of sulfonamides is 1. The number of carbonyl (C=O) groups is 2.